The van der Waals surface area contributed by atoms with E-state index in [9.17, 15) is 10.2 Å². The zero-order valence-corrected chi connectivity index (χ0v) is 21.3. The lowest BCUT2D eigenvalue weighted by Gasteiger charge is -2.59. The molecule has 4 aliphatic carbocycles. The molecule has 0 unspecified atom stereocenters. The average Bonchev–Trinajstić information content (AvgIpc) is 3.09. The number of aliphatic hydroxyl groups excluding tert-OH is 1. The number of fused-ring (bicyclic) bond motifs is 5. The molecule has 178 valence electrons. The topological polar surface area (TPSA) is 40.5 Å². The fraction of sp³-hybridized carbons (Fsp3) is 0.931. The molecule has 0 aliphatic heterocycles. The molecule has 3 saturated carbocycles. The van der Waals surface area contributed by atoms with E-state index in [0.29, 0.717) is 16.7 Å². The van der Waals surface area contributed by atoms with Gasteiger partial charge in [-0.2, -0.15) is 0 Å². The summed E-state index contributed by atoms with van der Waals surface area (Å²) in [5.74, 6) is 4.46. The molecule has 0 aromatic carbocycles. The van der Waals surface area contributed by atoms with Crippen LogP contribution in [0.2, 0.25) is 0 Å². The Balaban J connectivity index is 1.49. The fourth-order valence-corrected chi connectivity index (χ4v) is 8.96. The Hall–Kier alpha value is -0.340. The normalized spacial score (nSPS) is 46.7. The van der Waals surface area contributed by atoms with Crippen LogP contribution in [-0.4, -0.2) is 21.9 Å². The van der Waals surface area contributed by atoms with Gasteiger partial charge in [0.1, 0.15) is 0 Å². The van der Waals surface area contributed by atoms with Crippen LogP contribution in [0.15, 0.2) is 11.6 Å². The molecule has 0 aromatic heterocycles. The van der Waals surface area contributed by atoms with Gasteiger partial charge < -0.3 is 10.2 Å². The van der Waals surface area contributed by atoms with Crippen LogP contribution in [0.3, 0.4) is 0 Å². The Labute approximate surface area is 192 Å². The Morgan fingerprint density at radius 1 is 1.00 bits per heavy atom. The van der Waals surface area contributed by atoms with Gasteiger partial charge in [0.05, 0.1) is 11.7 Å². The lowest BCUT2D eigenvalue weighted by atomic mass is 9.46. The molecule has 2 nitrogen and oxygen atoms in total. The summed E-state index contributed by atoms with van der Waals surface area (Å²) in [6, 6.07) is 0. The zero-order valence-electron chi connectivity index (χ0n) is 21.3. The van der Waals surface area contributed by atoms with Crippen molar-refractivity contribution in [3.05, 3.63) is 11.6 Å². The van der Waals surface area contributed by atoms with Crippen LogP contribution in [0.5, 0.6) is 0 Å². The van der Waals surface area contributed by atoms with E-state index in [0.717, 1.165) is 55.3 Å². The molecule has 0 bridgehead atoms. The fourth-order valence-electron chi connectivity index (χ4n) is 8.96. The molecule has 4 aliphatic rings. The Kier molecular flexibility index (Phi) is 6.50. The average molecular weight is 431 g/mol. The highest BCUT2D eigenvalue weighted by Crippen LogP contribution is 2.67. The first-order valence-corrected chi connectivity index (χ1v) is 13.6. The molecule has 4 rings (SSSR count). The van der Waals surface area contributed by atoms with E-state index in [4.69, 9.17) is 0 Å². The molecule has 0 radical (unpaired) electrons. The quantitative estimate of drug-likeness (QED) is 0.440. The molecule has 0 aromatic rings. The van der Waals surface area contributed by atoms with Gasteiger partial charge in [-0.1, -0.05) is 53.2 Å². The van der Waals surface area contributed by atoms with E-state index in [2.05, 4.69) is 47.6 Å². The van der Waals surface area contributed by atoms with Crippen molar-refractivity contribution in [2.75, 3.05) is 0 Å². The van der Waals surface area contributed by atoms with Gasteiger partial charge in [0, 0.05) is 0 Å². The first-order chi connectivity index (χ1) is 14.5. The number of rotatable bonds is 6. The van der Waals surface area contributed by atoms with Gasteiger partial charge in [0.25, 0.3) is 0 Å². The summed E-state index contributed by atoms with van der Waals surface area (Å²) in [5.41, 5.74) is 1.97. The molecule has 0 amide bonds. The van der Waals surface area contributed by atoms with E-state index < -0.39 is 5.60 Å². The molecular formula is C29H50O2. The standard InChI is InChI=1S/C29H50O2/c1-7-29(31)17-16-27(5)21(18-29)9-10-22-24-12-11-23(28(24,6)15-14-25(22)27)20(4)8-13-26(30)19(2)3/h9,19-20,22-26,30-31H,7-8,10-18H2,1-6H3/t20-,22+,23-,24+,25+,26-,27+,28-,29+/m1/s1. The third-order valence-corrected chi connectivity index (χ3v) is 11.4. The molecule has 31 heavy (non-hydrogen) atoms. The number of hydrogen-bond acceptors (Lipinski definition) is 2. The maximum absolute atomic E-state index is 11.0. The van der Waals surface area contributed by atoms with Crippen molar-refractivity contribution in [2.45, 2.75) is 124 Å². The predicted octanol–water partition coefficient (Wildman–Crippen LogP) is 7.14. The Morgan fingerprint density at radius 3 is 2.42 bits per heavy atom. The van der Waals surface area contributed by atoms with Crippen molar-refractivity contribution in [3.63, 3.8) is 0 Å². The van der Waals surface area contributed by atoms with Crippen molar-refractivity contribution in [1.29, 1.82) is 0 Å². The zero-order chi connectivity index (χ0) is 22.6. The lowest BCUT2D eigenvalue weighted by Crippen LogP contribution is -2.52. The number of aliphatic hydroxyl groups is 2. The highest BCUT2D eigenvalue weighted by atomic mass is 16.3. The highest BCUT2D eigenvalue weighted by Gasteiger charge is 2.59. The van der Waals surface area contributed by atoms with Crippen molar-refractivity contribution in [3.8, 4) is 0 Å². The monoisotopic (exact) mass is 430 g/mol. The first kappa shape index (κ1) is 23.8. The van der Waals surface area contributed by atoms with E-state index in [1.807, 2.05) is 0 Å². The smallest absolute Gasteiger partial charge is 0.0682 e. The lowest BCUT2D eigenvalue weighted by molar-refractivity contribution is -0.0758. The molecule has 3 fully saturated rings. The molecule has 2 N–H and O–H groups in total. The number of hydrogen-bond donors (Lipinski definition) is 2. The summed E-state index contributed by atoms with van der Waals surface area (Å²) in [5, 5.41) is 21.3. The van der Waals surface area contributed by atoms with Crippen LogP contribution in [0.1, 0.15) is 112 Å². The van der Waals surface area contributed by atoms with Crippen molar-refractivity contribution < 1.29 is 10.2 Å². The Morgan fingerprint density at radius 2 is 1.74 bits per heavy atom. The molecule has 2 heteroatoms. The van der Waals surface area contributed by atoms with E-state index in [1.54, 1.807) is 5.57 Å². The van der Waals surface area contributed by atoms with Gasteiger partial charge in [-0.25, -0.2) is 0 Å². The second-order valence-corrected chi connectivity index (χ2v) is 13.1. The van der Waals surface area contributed by atoms with Crippen molar-refractivity contribution in [2.24, 2.45) is 46.3 Å². The van der Waals surface area contributed by atoms with Gasteiger partial charge in [-0.3, -0.25) is 0 Å². The SMILES string of the molecule is CC[C@]1(O)CC[C@@]2(C)C(=CC[C@H]3[C@@H]4CC[C@H]([C@H](C)CC[C@@H](O)C(C)C)[C@@]4(C)CC[C@@H]32)C1. The predicted molar refractivity (Wildman–Crippen MR) is 130 cm³/mol. The second kappa shape index (κ2) is 8.46. The molecular weight excluding hydrogens is 380 g/mol. The summed E-state index contributed by atoms with van der Waals surface area (Å²) >= 11 is 0. The van der Waals surface area contributed by atoms with Gasteiger partial charge >= 0.3 is 0 Å². The third kappa shape index (κ3) is 3.96. The minimum absolute atomic E-state index is 0.141. The van der Waals surface area contributed by atoms with Crippen LogP contribution in [0.25, 0.3) is 0 Å². The van der Waals surface area contributed by atoms with Crippen LogP contribution < -0.4 is 0 Å². The second-order valence-electron chi connectivity index (χ2n) is 13.1. The summed E-state index contributed by atoms with van der Waals surface area (Å²) < 4.78 is 0. The van der Waals surface area contributed by atoms with Gasteiger partial charge in [0.15, 0.2) is 0 Å². The summed E-state index contributed by atoms with van der Waals surface area (Å²) in [7, 11) is 0. The van der Waals surface area contributed by atoms with E-state index in [-0.39, 0.29) is 6.10 Å². The Bertz CT molecular complexity index is 682. The maximum Gasteiger partial charge on any atom is 0.0682 e. The largest absolute Gasteiger partial charge is 0.393 e. The maximum atomic E-state index is 11.0. The summed E-state index contributed by atoms with van der Waals surface area (Å²) in [4.78, 5) is 0. The highest BCUT2D eigenvalue weighted by molar-refractivity contribution is 5.27. The van der Waals surface area contributed by atoms with Crippen LogP contribution in [0.4, 0.5) is 0 Å². The van der Waals surface area contributed by atoms with Gasteiger partial charge in [-0.05, 0) is 117 Å². The molecule has 0 saturated heterocycles. The molecule has 0 heterocycles. The third-order valence-electron chi connectivity index (χ3n) is 11.4. The van der Waals surface area contributed by atoms with Crippen molar-refractivity contribution >= 4 is 0 Å². The van der Waals surface area contributed by atoms with E-state index in [1.165, 1.54) is 44.9 Å². The first-order valence-electron chi connectivity index (χ1n) is 13.6. The molecule has 0 spiro atoms. The number of allylic oxidation sites excluding steroid dienone is 1. The van der Waals surface area contributed by atoms with Crippen LogP contribution >= 0.6 is 0 Å². The summed E-state index contributed by atoms with van der Waals surface area (Å²) in [6.07, 6.45) is 15.4. The van der Waals surface area contributed by atoms with Gasteiger partial charge in [-0.15, -0.1) is 0 Å². The summed E-state index contributed by atoms with van der Waals surface area (Å²) in [6.45, 7) is 14.1. The van der Waals surface area contributed by atoms with Gasteiger partial charge in [0.2, 0.25) is 0 Å². The van der Waals surface area contributed by atoms with E-state index >= 15 is 0 Å². The van der Waals surface area contributed by atoms with Crippen molar-refractivity contribution in [1.82, 2.24) is 0 Å². The van der Waals surface area contributed by atoms with Crippen LogP contribution in [0, 0.1) is 46.3 Å². The minimum Gasteiger partial charge on any atom is -0.393 e. The minimum atomic E-state index is -0.449. The van der Waals surface area contributed by atoms with Crippen LogP contribution in [-0.2, 0) is 0 Å². The molecule has 9 atom stereocenters.